The fourth-order valence-corrected chi connectivity index (χ4v) is 3.36. The number of hydrogen-bond donors (Lipinski definition) is 1. The van der Waals surface area contributed by atoms with Crippen LogP contribution in [0.3, 0.4) is 0 Å². The van der Waals surface area contributed by atoms with E-state index in [1.807, 2.05) is 0 Å². The smallest absolute Gasteiger partial charge is 0.00702 e. The molecule has 0 spiro atoms. The van der Waals surface area contributed by atoms with Gasteiger partial charge in [-0.15, -0.1) is 0 Å². The van der Waals surface area contributed by atoms with Gasteiger partial charge in [-0.05, 0) is 43.7 Å². The first-order valence-electron chi connectivity index (χ1n) is 8.15. The van der Waals surface area contributed by atoms with Crippen molar-refractivity contribution in [1.29, 1.82) is 0 Å². The predicted octanol–water partition coefficient (Wildman–Crippen LogP) is 4.57. The van der Waals surface area contributed by atoms with Crippen LogP contribution in [0.1, 0.15) is 57.4 Å². The van der Waals surface area contributed by atoms with Gasteiger partial charge in [-0.3, -0.25) is 0 Å². The maximum atomic E-state index is 3.68. The molecule has 1 N–H and O–H groups in total. The van der Waals surface area contributed by atoms with Gasteiger partial charge in [0.15, 0.2) is 0 Å². The van der Waals surface area contributed by atoms with Gasteiger partial charge in [0.1, 0.15) is 0 Å². The molecule has 1 unspecified atom stereocenters. The Morgan fingerprint density at radius 1 is 1.11 bits per heavy atom. The van der Waals surface area contributed by atoms with Crippen LogP contribution in [0.25, 0.3) is 0 Å². The summed E-state index contributed by atoms with van der Waals surface area (Å²) in [7, 11) is 0. The molecule has 0 bridgehead atoms. The molecule has 2 rings (SSSR count). The van der Waals surface area contributed by atoms with Gasteiger partial charge in [0, 0.05) is 6.04 Å². The second kappa shape index (κ2) is 8.37. The zero-order valence-electron chi connectivity index (χ0n) is 12.4. The van der Waals surface area contributed by atoms with Crippen molar-refractivity contribution < 1.29 is 0 Å². The number of aryl methyl sites for hydroxylation is 1. The van der Waals surface area contributed by atoms with Gasteiger partial charge in [0.05, 0.1) is 0 Å². The van der Waals surface area contributed by atoms with Crippen molar-refractivity contribution >= 4 is 0 Å². The lowest BCUT2D eigenvalue weighted by molar-refractivity contribution is 0.394. The molecule has 0 radical (unpaired) electrons. The molecular weight excluding hydrogens is 230 g/mol. The Labute approximate surface area is 118 Å². The van der Waals surface area contributed by atoms with Crippen molar-refractivity contribution in [3.05, 3.63) is 35.9 Å². The second-order valence-electron chi connectivity index (χ2n) is 6.01. The zero-order chi connectivity index (χ0) is 13.3. The molecule has 1 aromatic carbocycles. The first kappa shape index (κ1) is 14.6. The van der Waals surface area contributed by atoms with Crippen LogP contribution in [0, 0.1) is 5.92 Å². The van der Waals surface area contributed by atoms with Crippen molar-refractivity contribution in [2.75, 3.05) is 6.54 Å². The van der Waals surface area contributed by atoms with Gasteiger partial charge >= 0.3 is 0 Å². The summed E-state index contributed by atoms with van der Waals surface area (Å²) in [6, 6.07) is 11.6. The van der Waals surface area contributed by atoms with Crippen molar-refractivity contribution in [2.24, 2.45) is 5.92 Å². The minimum absolute atomic E-state index is 0.714. The molecule has 1 aliphatic rings. The summed E-state index contributed by atoms with van der Waals surface area (Å²) in [6.07, 6.45) is 11.2. The lowest BCUT2D eigenvalue weighted by Gasteiger charge is -2.20. The first-order valence-corrected chi connectivity index (χ1v) is 8.15. The number of hydrogen-bond acceptors (Lipinski definition) is 1. The molecule has 1 nitrogen and oxygen atoms in total. The monoisotopic (exact) mass is 259 g/mol. The van der Waals surface area contributed by atoms with E-state index in [1.165, 1.54) is 56.9 Å². The average molecular weight is 259 g/mol. The normalized spacial score (nSPS) is 17.7. The summed E-state index contributed by atoms with van der Waals surface area (Å²) in [5.74, 6) is 1.03. The highest BCUT2D eigenvalue weighted by molar-refractivity contribution is 5.14. The lowest BCUT2D eigenvalue weighted by Crippen LogP contribution is -2.29. The Morgan fingerprint density at radius 2 is 1.84 bits per heavy atom. The van der Waals surface area contributed by atoms with Gasteiger partial charge < -0.3 is 5.32 Å². The summed E-state index contributed by atoms with van der Waals surface area (Å²) in [5, 5.41) is 3.68. The van der Waals surface area contributed by atoms with Crippen molar-refractivity contribution in [2.45, 2.75) is 64.3 Å². The quantitative estimate of drug-likeness (QED) is 0.721. The fraction of sp³-hybridized carbons (Fsp3) is 0.667. The molecule has 0 saturated heterocycles. The largest absolute Gasteiger partial charge is 0.314 e. The van der Waals surface area contributed by atoms with E-state index >= 15 is 0 Å². The lowest BCUT2D eigenvalue weighted by atomic mass is 9.95. The highest BCUT2D eigenvalue weighted by Crippen LogP contribution is 2.29. The number of benzene rings is 1. The van der Waals surface area contributed by atoms with Gasteiger partial charge in [-0.2, -0.15) is 0 Å². The van der Waals surface area contributed by atoms with Crippen LogP contribution in [0.5, 0.6) is 0 Å². The molecule has 1 fully saturated rings. The molecule has 0 amide bonds. The van der Waals surface area contributed by atoms with Crippen molar-refractivity contribution in [3.8, 4) is 0 Å². The predicted molar refractivity (Wildman–Crippen MR) is 83.4 cm³/mol. The minimum atomic E-state index is 0.714. The molecule has 1 atom stereocenters. The summed E-state index contributed by atoms with van der Waals surface area (Å²) < 4.78 is 0. The van der Waals surface area contributed by atoms with E-state index in [0.717, 1.165) is 12.5 Å². The first-order chi connectivity index (χ1) is 9.38. The Hall–Kier alpha value is -0.820. The molecule has 0 heterocycles. The van der Waals surface area contributed by atoms with Crippen LogP contribution < -0.4 is 5.32 Å². The standard InChI is InChI=1S/C18H29N/c1-2-19-18(15-13-17-10-6-7-11-17)14-12-16-8-4-3-5-9-16/h3-5,8-9,17-19H,2,6-7,10-15H2,1H3. The SMILES string of the molecule is CCNC(CCc1ccccc1)CCC1CCCC1. The van der Waals surface area contributed by atoms with Crippen molar-refractivity contribution in [1.82, 2.24) is 5.32 Å². The van der Waals surface area contributed by atoms with Crippen LogP contribution >= 0.6 is 0 Å². The highest BCUT2D eigenvalue weighted by Gasteiger charge is 2.17. The van der Waals surface area contributed by atoms with Gasteiger partial charge in [0.25, 0.3) is 0 Å². The molecule has 1 heteroatoms. The number of nitrogens with one attached hydrogen (secondary N) is 1. The van der Waals surface area contributed by atoms with E-state index in [2.05, 4.69) is 42.6 Å². The summed E-state index contributed by atoms with van der Waals surface area (Å²) in [4.78, 5) is 0. The summed E-state index contributed by atoms with van der Waals surface area (Å²) in [5.41, 5.74) is 1.48. The average Bonchev–Trinajstić information content (AvgIpc) is 2.96. The van der Waals surface area contributed by atoms with Gasteiger partial charge in [-0.25, -0.2) is 0 Å². The van der Waals surface area contributed by atoms with E-state index in [0.29, 0.717) is 6.04 Å². The van der Waals surface area contributed by atoms with Crippen LogP contribution in [0.2, 0.25) is 0 Å². The van der Waals surface area contributed by atoms with Crippen LogP contribution in [0.4, 0.5) is 0 Å². The van der Waals surface area contributed by atoms with E-state index in [-0.39, 0.29) is 0 Å². The maximum absolute atomic E-state index is 3.68. The van der Waals surface area contributed by atoms with E-state index in [1.54, 1.807) is 0 Å². The second-order valence-corrected chi connectivity index (χ2v) is 6.01. The third-order valence-electron chi connectivity index (χ3n) is 4.52. The molecule has 0 aliphatic heterocycles. The third-order valence-corrected chi connectivity index (χ3v) is 4.52. The van der Waals surface area contributed by atoms with Crippen molar-refractivity contribution in [3.63, 3.8) is 0 Å². The fourth-order valence-electron chi connectivity index (χ4n) is 3.36. The number of rotatable bonds is 8. The van der Waals surface area contributed by atoms with Crippen LogP contribution in [0.15, 0.2) is 30.3 Å². The molecular formula is C18H29N. The summed E-state index contributed by atoms with van der Waals surface area (Å²) in [6.45, 7) is 3.33. The highest BCUT2D eigenvalue weighted by atomic mass is 14.9. The molecule has 19 heavy (non-hydrogen) atoms. The van der Waals surface area contributed by atoms with Crippen LogP contribution in [-0.2, 0) is 6.42 Å². The van der Waals surface area contributed by atoms with Gasteiger partial charge in [-0.1, -0.05) is 62.9 Å². The van der Waals surface area contributed by atoms with E-state index in [4.69, 9.17) is 0 Å². The Morgan fingerprint density at radius 3 is 2.53 bits per heavy atom. The Balaban J connectivity index is 1.72. The maximum Gasteiger partial charge on any atom is 0.00702 e. The van der Waals surface area contributed by atoms with Crippen LogP contribution in [-0.4, -0.2) is 12.6 Å². The summed E-state index contributed by atoms with van der Waals surface area (Å²) >= 11 is 0. The topological polar surface area (TPSA) is 12.0 Å². The molecule has 1 aromatic rings. The zero-order valence-corrected chi connectivity index (χ0v) is 12.4. The van der Waals surface area contributed by atoms with E-state index in [9.17, 15) is 0 Å². The third kappa shape index (κ3) is 5.36. The molecule has 1 saturated carbocycles. The molecule has 0 aromatic heterocycles. The Bertz CT molecular complexity index is 327. The Kier molecular flexibility index (Phi) is 6.43. The molecule has 106 valence electrons. The minimum Gasteiger partial charge on any atom is -0.314 e. The van der Waals surface area contributed by atoms with E-state index < -0.39 is 0 Å². The molecule has 1 aliphatic carbocycles. The van der Waals surface area contributed by atoms with Gasteiger partial charge in [0.2, 0.25) is 0 Å².